The number of carbonyl (C=O) groups is 3. The number of hydrogen-bond acceptors (Lipinski definition) is 5. The molecule has 0 unspecified atom stereocenters. The van der Waals surface area contributed by atoms with Crippen LogP contribution in [0.4, 0.5) is 0 Å². The van der Waals surface area contributed by atoms with Crippen molar-refractivity contribution in [2.24, 2.45) is 0 Å². The number of rotatable bonds is 10. The Morgan fingerprint density at radius 3 is 2.14 bits per heavy atom. The zero-order valence-electron chi connectivity index (χ0n) is 17.1. The highest BCUT2D eigenvalue weighted by Gasteiger charge is 2.21. The van der Waals surface area contributed by atoms with Gasteiger partial charge in [0, 0.05) is 38.7 Å². The van der Waals surface area contributed by atoms with Gasteiger partial charge in [0.1, 0.15) is 0 Å². The number of sulfonamides is 1. The minimum absolute atomic E-state index is 0.000583. The van der Waals surface area contributed by atoms with Crippen LogP contribution in [-0.4, -0.2) is 68.4 Å². The highest BCUT2D eigenvalue weighted by Crippen LogP contribution is 2.16. The quantitative estimate of drug-likeness (QED) is 0.584. The lowest BCUT2D eigenvalue weighted by molar-refractivity contribution is -0.135. The van der Waals surface area contributed by atoms with E-state index in [2.05, 4.69) is 5.32 Å². The van der Waals surface area contributed by atoms with Crippen LogP contribution in [0.2, 0.25) is 0 Å². The second kappa shape index (κ2) is 10.3. The maximum atomic E-state index is 12.6. The molecule has 0 heterocycles. The van der Waals surface area contributed by atoms with Gasteiger partial charge in [-0.1, -0.05) is 12.1 Å². The third-order valence-corrected chi connectivity index (χ3v) is 5.96. The summed E-state index contributed by atoms with van der Waals surface area (Å²) < 4.78 is 26.3. The summed E-state index contributed by atoms with van der Waals surface area (Å²) in [6.45, 7) is 5.21. The molecule has 0 saturated heterocycles. The van der Waals surface area contributed by atoms with E-state index in [4.69, 9.17) is 0 Å². The number of hydrogen-bond donors (Lipinski definition) is 1. The Labute approximate surface area is 166 Å². The Balaban J connectivity index is 2.56. The van der Waals surface area contributed by atoms with Crippen LogP contribution in [0, 0.1) is 0 Å². The molecule has 156 valence electrons. The number of nitrogens with one attached hydrogen (secondary N) is 1. The van der Waals surface area contributed by atoms with E-state index in [0.717, 1.165) is 0 Å². The van der Waals surface area contributed by atoms with E-state index in [1.54, 1.807) is 7.05 Å². The van der Waals surface area contributed by atoms with Crippen LogP contribution in [0.25, 0.3) is 0 Å². The lowest BCUT2D eigenvalue weighted by atomic mass is 10.2. The number of Topliss-reactive ketones (excluding diaryl/α,β-unsaturated/α-hetero) is 1. The largest absolute Gasteiger partial charge is 0.352 e. The van der Waals surface area contributed by atoms with E-state index in [1.165, 1.54) is 47.4 Å². The lowest BCUT2D eigenvalue weighted by Gasteiger charge is -2.20. The Bertz CT molecular complexity index is 803. The summed E-state index contributed by atoms with van der Waals surface area (Å²) in [5.41, 5.74) is 0.441. The number of ketones is 1. The average molecular weight is 412 g/mol. The summed E-state index contributed by atoms with van der Waals surface area (Å²) in [5, 5.41) is 2.71. The maximum Gasteiger partial charge on any atom is 0.242 e. The normalized spacial score (nSPS) is 11.5. The molecule has 0 radical (unpaired) electrons. The van der Waals surface area contributed by atoms with Gasteiger partial charge in [-0.15, -0.1) is 0 Å². The van der Waals surface area contributed by atoms with Crippen LogP contribution >= 0.6 is 0 Å². The third kappa shape index (κ3) is 7.05. The van der Waals surface area contributed by atoms with Crippen LogP contribution < -0.4 is 5.32 Å². The van der Waals surface area contributed by atoms with Crippen molar-refractivity contribution in [3.63, 3.8) is 0 Å². The summed E-state index contributed by atoms with van der Waals surface area (Å²) in [6, 6.07) is 5.75. The van der Waals surface area contributed by atoms with Crippen LogP contribution in [0.5, 0.6) is 0 Å². The first-order chi connectivity index (χ1) is 12.9. The molecule has 28 heavy (non-hydrogen) atoms. The zero-order valence-corrected chi connectivity index (χ0v) is 17.9. The van der Waals surface area contributed by atoms with Crippen molar-refractivity contribution in [3.05, 3.63) is 29.8 Å². The fourth-order valence-corrected chi connectivity index (χ4v) is 3.69. The van der Waals surface area contributed by atoms with Gasteiger partial charge in [0.2, 0.25) is 21.8 Å². The molecule has 0 saturated carbocycles. The summed E-state index contributed by atoms with van der Waals surface area (Å²) >= 11 is 0. The molecule has 0 aliphatic carbocycles. The van der Waals surface area contributed by atoms with Gasteiger partial charge in [-0.05, 0) is 39.3 Å². The van der Waals surface area contributed by atoms with Crippen molar-refractivity contribution in [2.45, 2.75) is 44.6 Å². The van der Waals surface area contributed by atoms with Crippen molar-refractivity contribution in [1.82, 2.24) is 14.5 Å². The molecule has 0 atom stereocenters. The molecule has 0 aliphatic rings. The van der Waals surface area contributed by atoms with Crippen LogP contribution in [0.15, 0.2) is 29.2 Å². The molecule has 0 fully saturated rings. The van der Waals surface area contributed by atoms with Gasteiger partial charge in [0.05, 0.1) is 11.4 Å². The standard InChI is InChI=1S/C19H29N3O5S/c1-14(2)20-18(24)13-21(4)19(25)7-6-12-22(5)28(26,27)17-10-8-16(9-11-17)15(3)23/h8-11,14H,6-7,12-13H2,1-5H3,(H,20,24). The molecule has 8 nitrogen and oxygen atoms in total. The predicted molar refractivity (Wildman–Crippen MR) is 106 cm³/mol. The van der Waals surface area contributed by atoms with Gasteiger partial charge < -0.3 is 10.2 Å². The highest BCUT2D eigenvalue weighted by molar-refractivity contribution is 7.89. The molecular weight excluding hydrogens is 382 g/mol. The van der Waals surface area contributed by atoms with E-state index in [9.17, 15) is 22.8 Å². The van der Waals surface area contributed by atoms with E-state index >= 15 is 0 Å². The fraction of sp³-hybridized carbons (Fsp3) is 0.526. The monoisotopic (exact) mass is 411 g/mol. The minimum Gasteiger partial charge on any atom is -0.352 e. The molecule has 0 aromatic heterocycles. The van der Waals surface area contributed by atoms with E-state index in [-0.39, 0.29) is 48.0 Å². The van der Waals surface area contributed by atoms with Crippen molar-refractivity contribution in [1.29, 1.82) is 0 Å². The van der Waals surface area contributed by atoms with Crippen LogP contribution in [-0.2, 0) is 19.6 Å². The van der Waals surface area contributed by atoms with E-state index in [1.807, 2.05) is 13.8 Å². The molecule has 0 aliphatic heterocycles. The number of nitrogens with zero attached hydrogens (tertiary/aromatic N) is 2. The van der Waals surface area contributed by atoms with Crippen molar-refractivity contribution in [3.8, 4) is 0 Å². The molecule has 1 aromatic rings. The van der Waals surface area contributed by atoms with Crippen molar-refractivity contribution < 1.29 is 22.8 Å². The van der Waals surface area contributed by atoms with Gasteiger partial charge in [0.15, 0.2) is 5.78 Å². The number of amides is 2. The smallest absolute Gasteiger partial charge is 0.242 e. The maximum absolute atomic E-state index is 12.6. The SMILES string of the molecule is CC(=O)c1ccc(S(=O)(=O)N(C)CCCC(=O)N(C)CC(=O)NC(C)C)cc1. The minimum atomic E-state index is -3.70. The molecule has 0 bridgehead atoms. The van der Waals surface area contributed by atoms with Gasteiger partial charge in [-0.2, -0.15) is 0 Å². The van der Waals surface area contributed by atoms with Gasteiger partial charge in [-0.25, -0.2) is 12.7 Å². The summed E-state index contributed by atoms with van der Waals surface area (Å²) in [7, 11) is -0.715. The first-order valence-corrected chi connectivity index (χ1v) is 10.5. The molecular formula is C19H29N3O5S. The first-order valence-electron chi connectivity index (χ1n) is 9.05. The molecule has 1 aromatic carbocycles. The van der Waals surface area contributed by atoms with Crippen LogP contribution in [0.1, 0.15) is 44.0 Å². The van der Waals surface area contributed by atoms with Crippen molar-refractivity contribution in [2.75, 3.05) is 27.2 Å². The Hall–Kier alpha value is -2.26. The topological polar surface area (TPSA) is 104 Å². The molecule has 0 spiro atoms. The van der Waals surface area contributed by atoms with E-state index in [0.29, 0.717) is 12.0 Å². The first kappa shape index (κ1) is 23.8. The van der Waals surface area contributed by atoms with Crippen LogP contribution in [0.3, 0.4) is 0 Å². The summed E-state index contributed by atoms with van der Waals surface area (Å²) in [5.74, 6) is -0.600. The molecule has 9 heteroatoms. The van der Waals surface area contributed by atoms with Gasteiger partial charge in [-0.3, -0.25) is 14.4 Å². The molecule has 2 amide bonds. The second-order valence-electron chi connectivity index (χ2n) is 6.98. The third-order valence-electron chi connectivity index (χ3n) is 4.09. The fourth-order valence-electron chi connectivity index (χ4n) is 2.48. The average Bonchev–Trinajstić information content (AvgIpc) is 2.60. The summed E-state index contributed by atoms with van der Waals surface area (Å²) in [6.07, 6.45) is 0.463. The Morgan fingerprint density at radius 1 is 1.07 bits per heavy atom. The molecule has 1 N–H and O–H groups in total. The van der Waals surface area contributed by atoms with Gasteiger partial charge in [0.25, 0.3) is 0 Å². The Morgan fingerprint density at radius 2 is 1.64 bits per heavy atom. The summed E-state index contributed by atoms with van der Waals surface area (Å²) in [4.78, 5) is 36.5. The zero-order chi connectivity index (χ0) is 21.5. The highest BCUT2D eigenvalue weighted by atomic mass is 32.2. The lowest BCUT2D eigenvalue weighted by Crippen LogP contribution is -2.41. The number of benzene rings is 1. The molecule has 1 rings (SSSR count). The Kier molecular flexibility index (Phi) is 8.77. The second-order valence-corrected chi connectivity index (χ2v) is 9.03. The number of carbonyl (C=O) groups excluding carboxylic acids is 3. The number of likely N-dealkylation sites (N-methyl/N-ethyl adjacent to an activating group) is 1. The van der Waals surface area contributed by atoms with E-state index < -0.39 is 10.0 Å². The van der Waals surface area contributed by atoms with Crippen molar-refractivity contribution >= 4 is 27.6 Å². The predicted octanol–water partition coefficient (Wildman–Crippen LogP) is 1.27. The van der Waals surface area contributed by atoms with Gasteiger partial charge >= 0.3 is 0 Å².